The molecule has 0 saturated carbocycles. The number of halogens is 1. The van der Waals surface area contributed by atoms with E-state index in [0.29, 0.717) is 42.4 Å². The highest BCUT2D eigenvalue weighted by Crippen LogP contribution is 2.33. The number of amides is 1. The number of fused-ring (bicyclic) bond motifs is 2. The lowest BCUT2D eigenvalue weighted by atomic mass is 10.2. The van der Waals surface area contributed by atoms with Gasteiger partial charge in [0.25, 0.3) is 5.91 Å². The van der Waals surface area contributed by atoms with Crippen molar-refractivity contribution in [3.8, 4) is 11.5 Å². The van der Waals surface area contributed by atoms with Crippen molar-refractivity contribution in [1.82, 2.24) is 4.98 Å². The highest BCUT2D eigenvalue weighted by atomic mass is 35.5. The first kappa shape index (κ1) is 25.5. The summed E-state index contributed by atoms with van der Waals surface area (Å²) in [5, 5.41) is 2.81. The highest BCUT2D eigenvalue weighted by molar-refractivity contribution is 7.88. The van der Waals surface area contributed by atoms with Gasteiger partial charge in [0.05, 0.1) is 4.34 Å². The minimum atomic E-state index is -1.54. The zero-order valence-corrected chi connectivity index (χ0v) is 21.4. The second-order valence-corrected chi connectivity index (χ2v) is 9.31. The molecule has 0 aliphatic carbocycles. The summed E-state index contributed by atoms with van der Waals surface area (Å²) in [6.45, 7) is 8.14. The molecule has 2 aromatic heterocycles. The zero-order chi connectivity index (χ0) is 24.7. The van der Waals surface area contributed by atoms with E-state index in [1.807, 2.05) is 27.7 Å². The van der Waals surface area contributed by atoms with Gasteiger partial charge in [-0.05, 0) is 48.5 Å². The molecule has 0 radical (unpaired) electrons. The molecule has 1 atom stereocenters. The van der Waals surface area contributed by atoms with E-state index in [9.17, 15) is 9.00 Å². The second-order valence-electron chi connectivity index (χ2n) is 6.15. The number of carbonyl (C=O) groups excluding carboxylic acids is 1. The van der Waals surface area contributed by atoms with Gasteiger partial charge in [-0.2, -0.15) is 4.98 Å². The summed E-state index contributed by atoms with van der Waals surface area (Å²) in [6, 6.07) is 13.5. The van der Waals surface area contributed by atoms with Crippen LogP contribution in [0.3, 0.4) is 0 Å². The number of hydrogen-bond acceptors (Lipinski definition) is 7. The Hall–Kier alpha value is -3.08. The van der Waals surface area contributed by atoms with Gasteiger partial charge >= 0.3 is 6.01 Å². The Balaban J connectivity index is 0.000000771. The van der Waals surface area contributed by atoms with E-state index in [1.54, 1.807) is 48.5 Å². The van der Waals surface area contributed by atoms with E-state index >= 15 is 0 Å². The molecule has 1 unspecified atom stereocenters. The van der Waals surface area contributed by atoms with Gasteiger partial charge in [-0.1, -0.05) is 39.3 Å². The molecule has 180 valence electrons. The second kappa shape index (κ2) is 11.9. The number of benzene rings is 2. The number of carbonyl (C=O) groups is 1. The van der Waals surface area contributed by atoms with E-state index in [0.717, 1.165) is 0 Å². The van der Waals surface area contributed by atoms with E-state index in [2.05, 4.69) is 15.0 Å². The van der Waals surface area contributed by atoms with Crippen molar-refractivity contribution in [2.45, 2.75) is 31.9 Å². The molecule has 8 nitrogen and oxygen atoms in total. The van der Waals surface area contributed by atoms with Crippen LogP contribution in [0.15, 0.2) is 57.2 Å². The first-order valence-electron chi connectivity index (χ1n) is 10.6. The number of thiophene rings is 1. The summed E-state index contributed by atoms with van der Waals surface area (Å²) in [5.74, 6) is 0.841. The standard InChI is InChI=1S/C19H12ClN3O5S2.2C2H6/c20-16-5-6-17(29-16)30(25)23-19-22-12-8-11(2-4-13(12)28-19)21-18(24)10-1-3-14-15(7-10)27-9-26-14;2*1-2/h1-8H,9H2,(H,21,24)(H,22,23);2*1-2H3. The summed E-state index contributed by atoms with van der Waals surface area (Å²) in [7, 11) is -1.54. The molecular formula is C23H24ClN3O5S2. The lowest BCUT2D eigenvalue weighted by molar-refractivity contribution is 0.102. The van der Waals surface area contributed by atoms with Gasteiger partial charge in [0.15, 0.2) is 28.1 Å². The van der Waals surface area contributed by atoms with Gasteiger partial charge in [0.2, 0.25) is 6.79 Å². The third-order valence-corrected chi connectivity index (χ3v) is 6.78. The molecule has 11 heteroatoms. The van der Waals surface area contributed by atoms with Crippen LogP contribution in [0.2, 0.25) is 4.34 Å². The number of aromatic nitrogens is 1. The van der Waals surface area contributed by atoms with Gasteiger partial charge in [0, 0.05) is 11.3 Å². The van der Waals surface area contributed by atoms with Crippen molar-refractivity contribution >= 4 is 62.6 Å². The predicted molar refractivity (Wildman–Crippen MR) is 137 cm³/mol. The summed E-state index contributed by atoms with van der Waals surface area (Å²) < 4.78 is 32.3. The SMILES string of the molecule is CC.CC.O=C(Nc1ccc2oc(NS(=O)c3ccc(Cl)s3)nc2c1)c1ccc2c(c1)OCO2. The monoisotopic (exact) mass is 521 g/mol. The lowest BCUT2D eigenvalue weighted by Crippen LogP contribution is -2.11. The molecule has 0 bridgehead atoms. The van der Waals surface area contributed by atoms with Gasteiger partial charge in [0.1, 0.15) is 9.73 Å². The van der Waals surface area contributed by atoms with E-state index < -0.39 is 11.0 Å². The largest absolute Gasteiger partial charge is 0.454 e. The Kier molecular flexibility index (Phi) is 8.91. The number of rotatable bonds is 5. The fourth-order valence-corrected chi connectivity index (χ4v) is 4.97. The molecule has 2 aromatic carbocycles. The molecule has 1 aliphatic rings. The van der Waals surface area contributed by atoms with Crippen LogP contribution >= 0.6 is 22.9 Å². The van der Waals surface area contributed by atoms with Crippen molar-refractivity contribution in [3.05, 3.63) is 58.4 Å². The van der Waals surface area contributed by atoms with Crippen LogP contribution in [0, 0.1) is 0 Å². The fourth-order valence-electron chi connectivity index (χ4n) is 2.82. The van der Waals surface area contributed by atoms with Crippen molar-refractivity contribution < 1.29 is 22.9 Å². The third-order valence-electron chi connectivity index (χ3n) is 4.19. The Morgan fingerprint density at radius 3 is 2.53 bits per heavy atom. The average Bonchev–Trinajstić information content (AvgIpc) is 3.60. The van der Waals surface area contributed by atoms with Crippen LogP contribution in [-0.4, -0.2) is 21.9 Å². The highest BCUT2D eigenvalue weighted by Gasteiger charge is 2.17. The van der Waals surface area contributed by atoms with Crippen molar-refractivity contribution in [1.29, 1.82) is 0 Å². The average molecular weight is 522 g/mol. The summed E-state index contributed by atoms with van der Waals surface area (Å²) in [4.78, 5) is 16.8. The maximum Gasteiger partial charge on any atom is 0.308 e. The predicted octanol–water partition coefficient (Wildman–Crippen LogP) is 6.71. The minimum Gasteiger partial charge on any atom is -0.454 e. The van der Waals surface area contributed by atoms with Crippen LogP contribution in [0.4, 0.5) is 11.7 Å². The van der Waals surface area contributed by atoms with Gasteiger partial charge in [-0.3, -0.25) is 9.52 Å². The van der Waals surface area contributed by atoms with Crippen molar-refractivity contribution in [3.63, 3.8) is 0 Å². The molecule has 34 heavy (non-hydrogen) atoms. The number of oxazole rings is 1. The summed E-state index contributed by atoms with van der Waals surface area (Å²) in [6.07, 6.45) is 0. The Bertz CT molecular complexity index is 1310. The van der Waals surface area contributed by atoms with Gasteiger partial charge in [-0.15, -0.1) is 11.3 Å². The fraction of sp³-hybridized carbons (Fsp3) is 0.217. The maximum atomic E-state index is 12.5. The normalized spacial score (nSPS) is 12.1. The Morgan fingerprint density at radius 2 is 1.79 bits per heavy atom. The first-order valence-corrected chi connectivity index (χ1v) is 12.9. The summed E-state index contributed by atoms with van der Waals surface area (Å²) >= 11 is 7.08. The van der Waals surface area contributed by atoms with E-state index in [-0.39, 0.29) is 18.7 Å². The lowest BCUT2D eigenvalue weighted by Gasteiger charge is -2.05. The van der Waals surface area contributed by atoms with Crippen molar-refractivity contribution in [2.24, 2.45) is 0 Å². The topological polar surface area (TPSA) is 103 Å². The number of hydrogen-bond donors (Lipinski definition) is 2. The van der Waals surface area contributed by atoms with Crippen LogP contribution in [0.25, 0.3) is 11.1 Å². The Labute approximate surface area is 208 Å². The number of ether oxygens (including phenoxy) is 2. The van der Waals surface area contributed by atoms with E-state index in [4.69, 9.17) is 25.5 Å². The van der Waals surface area contributed by atoms with Crippen LogP contribution in [-0.2, 0) is 11.0 Å². The molecule has 4 aromatic rings. The molecule has 1 amide bonds. The molecular weight excluding hydrogens is 498 g/mol. The third kappa shape index (κ3) is 5.88. The van der Waals surface area contributed by atoms with E-state index in [1.165, 1.54) is 11.3 Å². The molecule has 0 spiro atoms. The number of anilines is 2. The van der Waals surface area contributed by atoms with Crippen LogP contribution in [0.5, 0.6) is 11.5 Å². The number of nitrogens with zero attached hydrogens (tertiary/aromatic N) is 1. The van der Waals surface area contributed by atoms with Crippen LogP contribution in [0.1, 0.15) is 38.1 Å². The molecule has 0 saturated heterocycles. The Morgan fingerprint density at radius 1 is 1.03 bits per heavy atom. The molecule has 3 heterocycles. The molecule has 0 fully saturated rings. The minimum absolute atomic E-state index is 0.104. The van der Waals surface area contributed by atoms with Crippen molar-refractivity contribution in [2.75, 3.05) is 16.8 Å². The number of nitrogens with one attached hydrogen (secondary N) is 2. The van der Waals surface area contributed by atoms with Gasteiger partial charge < -0.3 is 19.2 Å². The maximum absolute atomic E-state index is 12.5. The quantitative estimate of drug-likeness (QED) is 0.302. The zero-order valence-electron chi connectivity index (χ0n) is 19.0. The molecule has 1 aliphatic heterocycles. The molecule has 2 N–H and O–H groups in total. The smallest absolute Gasteiger partial charge is 0.308 e. The van der Waals surface area contributed by atoms with Crippen LogP contribution < -0.4 is 19.5 Å². The first-order chi connectivity index (χ1) is 16.5. The molecule has 5 rings (SSSR count). The van der Waals surface area contributed by atoms with Gasteiger partial charge in [-0.25, -0.2) is 4.21 Å². The summed E-state index contributed by atoms with van der Waals surface area (Å²) in [5.41, 5.74) is 1.96.